The molecule has 0 amide bonds. The van der Waals surface area contributed by atoms with Gasteiger partial charge in [-0.05, 0) is 31.0 Å². The van der Waals surface area contributed by atoms with Crippen molar-refractivity contribution in [2.45, 2.75) is 42.1 Å². The van der Waals surface area contributed by atoms with Gasteiger partial charge in [0, 0.05) is 28.1 Å². The first-order valence-electron chi connectivity index (χ1n) is 9.77. The third-order valence-electron chi connectivity index (χ3n) is 5.20. The molecule has 1 aliphatic heterocycles. The number of fused-ring (bicyclic) bond motifs is 1. The summed E-state index contributed by atoms with van der Waals surface area (Å²) in [5, 5.41) is 10.8. The Morgan fingerprint density at radius 3 is 2.12 bits per heavy atom. The van der Waals surface area contributed by atoms with E-state index in [0.29, 0.717) is 5.75 Å². The van der Waals surface area contributed by atoms with Crippen LogP contribution in [0.3, 0.4) is 0 Å². The molecule has 0 saturated carbocycles. The molecule has 0 radical (unpaired) electrons. The van der Waals surface area contributed by atoms with Crippen LogP contribution in [0.15, 0.2) is 41.3 Å². The summed E-state index contributed by atoms with van der Waals surface area (Å²) < 4.78 is 85.8. The van der Waals surface area contributed by atoms with Gasteiger partial charge in [0.25, 0.3) is 5.60 Å². The van der Waals surface area contributed by atoms with Crippen LogP contribution < -0.4 is 4.74 Å². The minimum absolute atomic E-state index is 0.131. The number of esters is 1. The molecule has 11 heteroatoms. The Hall–Kier alpha value is -2.14. The Balaban J connectivity index is 1.62. The van der Waals surface area contributed by atoms with Crippen LogP contribution in [0.25, 0.3) is 10.8 Å². The fraction of sp³-hybridized carbons (Fsp3) is 0.476. The summed E-state index contributed by atoms with van der Waals surface area (Å²) in [5.74, 6) is 1.42. The standard InChI is InChI=1S/C21H21F6O4S/c22-20(23,24)19(29,21(25,26)27)9-10-30-18(28)13-31-16-7-8-17(32-11-3-4-12-32)15-6-2-1-5-14(15)16/h1-2,5-8,29H,3-4,9-13H2/q+1. The molecule has 0 spiro atoms. The number of ether oxygens (including phenoxy) is 2. The highest BCUT2D eigenvalue weighted by atomic mass is 32.2. The van der Waals surface area contributed by atoms with E-state index in [-0.39, 0.29) is 10.9 Å². The number of rotatable bonds is 7. The first-order valence-corrected chi connectivity index (χ1v) is 11.3. The van der Waals surface area contributed by atoms with Gasteiger partial charge >= 0.3 is 18.3 Å². The Morgan fingerprint density at radius 2 is 1.53 bits per heavy atom. The van der Waals surface area contributed by atoms with Gasteiger partial charge < -0.3 is 14.6 Å². The van der Waals surface area contributed by atoms with Crippen molar-refractivity contribution in [2.24, 2.45) is 0 Å². The van der Waals surface area contributed by atoms with Crippen LogP contribution in [-0.2, 0) is 20.4 Å². The minimum Gasteiger partial charge on any atom is -0.481 e. The molecule has 0 aliphatic carbocycles. The largest absolute Gasteiger partial charge is 0.481 e. The zero-order chi connectivity index (χ0) is 23.6. The third kappa shape index (κ3) is 5.09. The van der Waals surface area contributed by atoms with Crippen LogP contribution in [0.1, 0.15) is 19.3 Å². The molecule has 1 N–H and O–H groups in total. The van der Waals surface area contributed by atoms with Gasteiger partial charge in [-0.25, -0.2) is 4.79 Å². The van der Waals surface area contributed by atoms with Crippen LogP contribution in [0.4, 0.5) is 26.3 Å². The van der Waals surface area contributed by atoms with Crippen molar-refractivity contribution in [3.63, 3.8) is 0 Å². The smallest absolute Gasteiger partial charge is 0.426 e. The maximum atomic E-state index is 12.7. The van der Waals surface area contributed by atoms with E-state index < -0.39 is 43.6 Å². The zero-order valence-electron chi connectivity index (χ0n) is 16.8. The molecule has 3 rings (SSSR count). The second-order valence-corrected chi connectivity index (χ2v) is 9.57. The first kappa shape index (κ1) is 24.5. The molecule has 4 nitrogen and oxygen atoms in total. The van der Waals surface area contributed by atoms with E-state index in [0.717, 1.165) is 22.3 Å². The molecule has 0 unspecified atom stereocenters. The second-order valence-electron chi connectivity index (χ2n) is 7.33. The topological polar surface area (TPSA) is 55.8 Å². The highest BCUT2D eigenvalue weighted by molar-refractivity contribution is 7.97. The molecule has 0 aromatic heterocycles. The van der Waals surface area contributed by atoms with Crippen molar-refractivity contribution in [3.05, 3.63) is 36.4 Å². The van der Waals surface area contributed by atoms with E-state index in [1.165, 1.54) is 17.7 Å². The Labute approximate surface area is 182 Å². The van der Waals surface area contributed by atoms with Crippen LogP contribution in [-0.4, -0.2) is 53.7 Å². The van der Waals surface area contributed by atoms with E-state index in [1.807, 2.05) is 24.3 Å². The van der Waals surface area contributed by atoms with Gasteiger partial charge in [0.05, 0.1) is 6.61 Å². The molecule has 176 valence electrons. The van der Waals surface area contributed by atoms with Gasteiger partial charge in [0.1, 0.15) is 17.3 Å². The maximum Gasteiger partial charge on any atom is 0.426 e. The summed E-state index contributed by atoms with van der Waals surface area (Å²) in [6, 6.07) is 11.0. The molecule has 1 fully saturated rings. The van der Waals surface area contributed by atoms with Crippen LogP contribution in [0, 0.1) is 0 Å². The molecule has 0 atom stereocenters. The lowest BCUT2D eigenvalue weighted by Crippen LogP contribution is -2.57. The monoisotopic (exact) mass is 483 g/mol. The fourth-order valence-electron chi connectivity index (χ4n) is 3.43. The lowest BCUT2D eigenvalue weighted by atomic mass is 9.99. The van der Waals surface area contributed by atoms with Crippen molar-refractivity contribution in [1.82, 2.24) is 0 Å². The lowest BCUT2D eigenvalue weighted by molar-refractivity contribution is -0.371. The number of carbonyl (C=O) groups excluding carboxylic acids is 1. The SMILES string of the molecule is O=C(COc1ccc([S+]2CCCC2)c2ccccc12)OCCC(O)(C(F)(F)F)C(F)(F)F. The zero-order valence-corrected chi connectivity index (χ0v) is 17.6. The minimum atomic E-state index is -5.96. The average molecular weight is 483 g/mol. The summed E-state index contributed by atoms with van der Waals surface area (Å²) >= 11 is 0. The van der Waals surface area contributed by atoms with Gasteiger partial charge in [0.2, 0.25) is 0 Å². The van der Waals surface area contributed by atoms with Gasteiger partial charge in [-0.1, -0.05) is 18.2 Å². The number of halogens is 6. The molecule has 2 aromatic carbocycles. The van der Waals surface area contributed by atoms with Crippen LogP contribution in [0.2, 0.25) is 0 Å². The van der Waals surface area contributed by atoms with E-state index in [1.54, 1.807) is 12.1 Å². The van der Waals surface area contributed by atoms with E-state index in [2.05, 4.69) is 4.74 Å². The fourth-order valence-corrected chi connectivity index (χ4v) is 5.93. The predicted molar refractivity (Wildman–Crippen MR) is 107 cm³/mol. The highest BCUT2D eigenvalue weighted by Gasteiger charge is 2.70. The second kappa shape index (κ2) is 9.38. The Bertz CT molecular complexity index is 939. The van der Waals surface area contributed by atoms with Gasteiger partial charge in [-0.2, -0.15) is 26.3 Å². The molecular weight excluding hydrogens is 462 g/mol. The molecule has 32 heavy (non-hydrogen) atoms. The highest BCUT2D eigenvalue weighted by Crippen LogP contribution is 2.45. The van der Waals surface area contributed by atoms with Crippen molar-refractivity contribution in [3.8, 4) is 5.75 Å². The summed E-state index contributed by atoms with van der Waals surface area (Å²) in [4.78, 5) is 13.0. The normalized spacial score (nSPS) is 15.8. The van der Waals surface area contributed by atoms with E-state index >= 15 is 0 Å². The van der Waals surface area contributed by atoms with Crippen molar-refractivity contribution in [1.29, 1.82) is 0 Å². The quantitative estimate of drug-likeness (QED) is 0.350. The van der Waals surface area contributed by atoms with Gasteiger partial charge in [-0.15, -0.1) is 0 Å². The average Bonchev–Trinajstić information content (AvgIpc) is 3.24. The number of benzene rings is 2. The molecule has 1 saturated heterocycles. The van der Waals surface area contributed by atoms with Gasteiger partial charge in [-0.3, -0.25) is 0 Å². The molecule has 1 heterocycles. The van der Waals surface area contributed by atoms with Crippen molar-refractivity contribution < 1.29 is 45.7 Å². The number of aliphatic hydroxyl groups is 1. The molecule has 2 aromatic rings. The predicted octanol–water partition coefficient (Wildman–Crippen LogP) is 4.78. The van der Waals surface area contributed by atoms with Gasteiger partial charge in [0.15, 0.2) is 11.5 Å². The first-order chi connectivity index (χ1) is 14.9. The molecular formula is C21H21F6O4S+. The lowest BCUT2D eigenvalue weighted by Gasteiger charge is -2.31. The number of alkyl halides is 6. The molecule has 0 bridgehead atoms. The van der Waals surface area contributed by atoms with Crippen LogP contribution >= 0.6 is 0 Å². The summed E-state index contributed by atoms with van der Waals surface area (Å²) in [6.07, 6.45) is -11.5. The third-order valence-corrected chi connectivity index (χ3v) is 7.74. The van der Waals surface area contributed by atoms with Crippen molar-refractivity contribution >= 4 is 27.6 Å². The van der Waals surface area contributed by atoms with Crippen LogP contribution in [0.5, 0.6) is 5.75 Å². The van der Waals surface area contributed by atoms with Crippen molar-refractivity contribution in [2.75, 3.05) is 24.7 Å². The Morgan fingerprint density at radius 1 is 0.938 bits per heavy atom. The maximum absolute atomic E-state index is 12.7. The summed E-state index contributed by atoms with van der Waals surface area (Å²) in [5.41, 5.74) is -4.96. The van der Waals surface area contributed by atoms with E-state index in [9.17, 15) is 31.1 Å². The number of hydrogen-bond acceptors (Lipinski definition) is 4. The molecule has 1 aliphatic rings. The summed E-state index contributed by atoms with van der Waals surface area (Å²) in [6.45, 7) is -1.98. The van der Waals surface area contributed by atoms with E-state index in [4.69, 9.17) is 9.84 Å². The summed E-state index contributed by atoms with van der Waals surface area (Å²) in [7, 11) is 0.131. The number of carbonyl (C=O) groups is 1. The Kier molecular flexibility index (Phi) is 7.18. The number of hydrogen-bond donors (Lipinski definition) is 1.